The Morgan fingerprint density at radius 1 is 1.56 bits per heavy atom. The molecule has 1 aliphatic rings. The third-order valence-corrected chi connectivity index (χ3v) is 4.70. The van der Waals surface area contributed by atoms with Crippen LogP contribution in [-0.2, 0) is 4.79 Å². The Bertz CT molecular complexity index is 258. The van der Waals surface area contributed by atoms with Gasteiger partial charge in [-0.05, 0) is 20.8 Å². The Kier molecular flexibility index (Phi) is 4.64. The summed E-state index contributed by atoms with van der Waals surface area (Å²) in [5, 5.41) is 0.630. The Labute approximate surface area is 102 Å². The molecule has 1 rings (SSSR count). The van der Waals surface area contributed by atoms with E-state index in [0.29, 0.717) is 11.3 Å². The van der Waals surface area contributed by atoms with E-state index in [9.17, 15) is 4.79 Å². The van der Waals surface area contributed by atoms with E-state index >= 15 is 0 Å². The lowest BCUT2D eigenvalue weighted by atomic mass is 9.91. The minimum Gasteiger partial charge on any atom is -0.298 e. The van der Waals surface area contributed by atoms with Crippen LogP contribution in [0.15, 0.2) is 0 Å². The molecule has 4 nitrogen and oxygen atoms in total. The fourth-order valence-electron chi connectivity index (χ4n) is 1.99. The van der Waals surface area contributed by atoms with Gasteiger partial charge < -0.3 is 0 Å². The topological polar surface area (TPSA) is 58.4 Å². The van der Waals surface area contributed by atoms with Gasteiger partial charge in [0.2, 0.25) is 5.91 Å². The monoisotopic (exact) mass is 245 g/mol. The number of nitrogens with zero attached hydrogens (tertiary/aromatic N) is 1. The fourth-order valence-corrected chi connectivity index (χ4v) is 3.16. The van der Waals surface area contributed by atoms with Gasteiger partial charge >= 0.3 is 0 Å². The number of thioether (sulfide) groups is 1. The van der Waals surface area contributed by atoms with Gasteiger partial charge in [-0.1, -0.05) is 6.92 Å². The summed E-state index contributed by atoms with van der Waals surface area (Å²) in [5.74, 6) is 6.26. The average molecular weight is 245 g/mol. The molecule has 1 amide bonds. The van der Waals surface area contributed by atoms with Crippen LogP contribution in [0.1, 0.15) is 27.7 Å². The molecule has 1 aliphatic heterocycles. The number of carbonyl (C=O) groups excluding carboxylic acids is 1. The highest BCUT2D eigenvalue weighted by atomic mass is 32.2. The van der Waals surface area contributed by atoms with E-state index < -0.39 is 5.41 Å². The van der Waals surface area contributed by atoms with Crippen LogP contribution in [0.3, 0.4) is 0 Å². The maximum atomic E-state index is 11.6. The summed E-state index contributed by atoms with van der Waals surface area (Å²) in [4.78, 5) is 14.0. The van der Waals surface area contributed by atoms with Crippen LogP contribution < -0.4 is 11.3 Å². The first-order valence-electron chi connectivity index (χ1n) is 5.75. The van der Waals surface area contributed by atoms with Gasteiger partial charge in [0.1, 0.15) is 0 Å². The molecule has 0 aliphatic carbocycles. The van der Waals surface area contributed by atoms with Crippen molar-refractivity contribution >= 4 is 17.7 Å². The van der Waals surface area contributed by atoms with Gasteiger partial charge in [-0.2, -0.15) is 11.8 Å². The first-order chi connectivity index (χ1) is 7.38. The largest absolute Gasteiger partial charge is 0.298 e. The van der Waals surface area contributed by atoms with Crippen molar-refractivity contribution < 1.29 is 4.79 Å². The first kappa shape index (κ1) is 13.8. The normalized spacial score (nSPS) is 27.8. The lowest BCUT2D eigenvalue weighted by Gasteiger charge is -2.41. The lowest BCUT2D eigenvalue weighted by Crippen LogP contribution is -2.53. The lowest BCUT2D eigenvalue weighted by molar-refractivity contribution is -0.130. The van der Waals surface area contributed by atoms with Crippen LogP contribution in [0, 0.1) is 5.41 Å². The predicted molar refractivity (Wildman–Crippen MR) is 69.1 cm³/mol. The minimum absolute atomic E-state index is 0.0921. The molecule has 2 atom stereocenters. The molecule has 16 heavy (non-hydrogen) atoms. The number of hydrogen-bond donors (Lipinski definition) is 2. The zero-order valence-corrected chi connectivity index (χ0v) is 11.4. The van der Waals surface area contributed by atoms with Crippen molar-refractivity contribution in [3.05, 3.63) is 0 Å². The van der Waals surface area contributed by atoms with Crippen molar-refractivity contribution in [1.82, 2.24) is 10.3 Å². The number of amides is 1. The molecule has 2 unspecified atom stereocenters. The van der Waals surface area contributed by atoms with Gasteiger partial charge in [0, 0.05) is 30.1 Å². The number of hydrazine groups is 1. The summed E-state index contributed by atoms with van der Waals surface area (Å²) in [6.07, 6.45) is 0. The second kappa shape index (κ2) is 5.38. The van der Waals surface area contributed by atoms with Crippen molar-refractivity contribution in [2.24, 2.45) is 11.3 Å². The summed E-state index contributed by atoms with van der Waals surface area (Å²) in [7, 11) is 0. The molecule has 94 valence electrons. The number of rotatable bonds is 3. The molecule has 0 spiro atoms. The molecule has 1 fully saturated rings. The third kappa shape index (κ3) is 3.12. The molecule has 0 radical (unpaired) electrons. The van der Waals surface area contributed by atoms with E-state index in [4.69, 9.17) is 5.84 Å². The Balaban J connectivity index is 2.62. The van der Waals surface area contributed by atoms with Crippen LogP contribution in [0.2, 0.25) is 0 Å². The number of nitrogens with two attached hydrogens (primary N) is 1. The van der Waals surface area contributed by atoms with E-state index in [-0.39, 0.29) is 5.91 Å². The third-order valence-electron chi connectivity index (χ3n) is 3.36. The summed E-state index contributed by atoms with van der Waals surface area (Å²) < 4.78 is 0. The van der Waals surface area contributed by atoms with Crippen LogP contribution in [-0.4, -0.2) is 40.9 Å². The maximum absolute atomic E-state index is 11.6. The van der Waals surface area contributed by atoms with Gasteiger partial charge in [-0.25, -0.2) is 5.84 Å². The van der Waals surface area contributed by atoms with Gasteiger partial charge in [0.05, 0.1) is 5.41 Å². The smallest absolute Gasteiger partial charge is 0.240 e. The van der Waals surface area contributed by atoms with Crippen LogP contribution in [0.5, 0.6) is 0 Å². The molecular formula is C11H23N3OS. The molecule has 0 saturated carbocycles. The first-order valence-corrected chi connectivity index (χ1v) is 6.80. The summed E-state index contributed by atoms with van der Waals surface area (Å²) in [5.41, 5.74) is 1.82. The highest BCUT2D eigenvalue weighted by molar-refractivity contribution is 8.00. The highest BCUT2D eigenvalue weighted by Crippen LogP contribution is 2.27. The molecular weight excluding hydrogens is 222 g/mol. The van der Waals surface area contributed by atoms with E-state index in [1.807, 2.05) is 25.6 Å². The van der Waals surface area contributed by atoms with Crippen molar-refractivity contribution in [2.45, 2.75) is 39.0 Å². The van der Waals surface area contributed by atoms with Crippen LogP contribution in [0.25, 0.3) is 0 Å². The quantitative estimate of drug-likeness (QED) is 0.439. The average Bonchev–Trinajstić information content (AvgIpc) is 2.23. The Morgan fingerprint density at radius 2 is 2.19 bits per heavy atom. The molecule has 0 aromatic rings. The fraction of sp³-hybridized carbons (Fsp3) is 0.909. The van der Waals surface area contributed by atoms with Crippen LogP contribution >= 0.6 is 11.8 Å². The summed E-state index contributed by atoms with van der Waals surface area (Å²) in [6, 6.07) is 0.517. The SMILES string of the molecule is CC1SCCN(CC(C)(C)C(=O)NN)C1C. The van der Waals surface area contributed by atoms with Gasteiger partial charge in [0.15, 0.2) is 0 Å². The van der Waals surface area contributed by atoms with Crippen molar-refractivity contribution in [2.75, 3.05) is 18.8 Å². The summed E-state index contributed by atoms with van der Waals surface area (Å²) in [6.45, 7) is 10.2. The second-order valence-corrected chi connectivity index (χ2v) is 6.63. The molecule has 3 N–H and O–H groups in total. The highest BCUT2D eigenvalue weighted by Gasteiger charge is 2.34. The molecule has 0 aromatic heterocycles. The number of nitrogens with one attached hydrogen (secondary N) is 1. The van der Waals surface area contributed by atoms with E-state index in [1.165, 1.54) is 0 Å². The van der Waals surface area contributed by atoms with E-state index in [1.54, 1.807) is 0 Å². The second-order valence-electron chi connectivity index (χ2n) is 5.14. The zero-order chi connectivity index (χ0) is 12.3. The van der Waals surface area contributed by atoms with Crippen molar-refractivity contribution in [3.8, 4) is 0 Å². The van der Waals surface area contributed by atoms with Gasteiger partial charge in [0.25, 0.3) is 0 Å². The molecule has 5 heteroatoms. The van der Waals surface area contributed by atoms with E-state index in [2.05, 4.69) is 24.2 Å². The minimum atomic E-state index is -0.426. The maximum Gasteiger partial charge on any atom is 0.240 e. The van der Waals surface area contributed by atoms with Crippen molar-refractivity contribution in [3.63, 3.8) is 0 Å². The molecule has 1 saturated heterocycles. The van der Waals surface area contributed by atoms with Gasteiger partial charge in [-0.3, -0.25) is 15.1 Å². The number of carbonyl (C=O) groups is 1. The van der Waals surface area contributed by atoms with Crippen LogP contribution in [0.4, 0.5) is 0 Å². The Hall–Kier alpha value is -0.260. The summed E-state index contributed by atoms with van der Waals surface area (Å²) >= 11 is 2.00. The zero-order valence-electron chi connectivity index (χ0n) is 10.6. The van der Waals surface area contributed by atoms with Crippen molar-refractivity contribution in [1.29, 1.82) is 0 Å². The molecule has 1 heterocycles. The van der Waals surface area contributed by atoms with E-state index in [0.717, 1.165) is 18.8 Å². The Morgan fingerprint density at radius 3 is 2.75 bits per heavy atom. The molecule has 0 bridgehead atoms. The predicted octanol–water partition coefficient (Wildman–Crippen LogP) is 0.828. The molecule has 0 aromatic carbocycles. The standard InChI is InChI=1S/C11H23N3OS/c1-8-9(2)16-6-5-14(8)7-11(3,4)10(15)13-12/h8-9H,5-7,12H2,1-4H3,(H,13,15). The number of hydrogen-bond acceptors (Lipinski definition) is 4. The van der Waals surface area contributed by atoms with Gasteiger partial charge in [-0.15, -0.1) is 0 Å².